The van der Waals surface area contributed by atoms with E-state index in [1.165, 1.54) is 12.1 Å². The standard InChI is InChI=1S/C14H20FNO/c1-13(17)6-8-14(10-16,9-7-13)11-2-4-12(15)5-3-11/h2-5,17H,6-10,16H2,1H3. The van der Waals surface area contributed by atoms with E-state index in [9.17, 15) is 9.50 Å². The Morgan fingerprint density at radius 2 is 1.71 bits per heavy atom. The molecule has 1 aliphatic carbocycles. The van der Waals surface area contributed by atoms with E-state index in [0.29, 0.717) is 6.54 Å². The largest absolute Gasteiger partial charge is 0.390 e. The van der Waals surface area contributed by atoms with Crippen LogP contribution < -0.4 is 5.73 Å². The molecule has 0 radical (unpaired) electrons. The molecule has 0 bridgehead atoms. The van der Waals surface area contributed by atoms with Gasteiger partial charge in [-0.3, -0.25) is 0 Å². The van der Waals surface area contributed by atoms with Crippen molar-refractivity contribution in [1.82, 2.24) is 0 Å². The second kappa shape index (κ2) is 4.39. The highest BCUT2D eigenvalue weighted by Gasteiger charge is 2.39. The molecule has 17 heavy (non-hydrogen) atoms. The first-order valence-corrected chi connectivity index (χ1v) is 6.16. The number of nitrogens with two attached hydrogens (primary N) is 1. The Morgan fingerprint density at radius 1 is 1.18 bits per heavy atom. The minimum Gasteiger partial charge on any atom is -0.390 e. The van der Waals surface area contributed by atoms with E-state index >= 15 is 0 Å². The van der Waals surface area contributed by atoms with Crippen LogP contribution in [-0.4, -0.2) is 17.3 Å². The summed E-state index contributed by atoms with van der Waals surface area (Å²) in [7, 11) is 0. The molecule has 1 aromatic carbocycles. The molecule has 0 atom stereocenters. The Labute approximate surface area is 102 Å². The first kappa shape index (κ1) is 12.5. The second-order valence-corrected chi connectivity index (χ2v) is 5.49. The van der Waals surface area contributed by atoms with E-state index in [1.807, 2.05) is 19.1 Å². The average molecular weight is 237 g/mol. The van der Waals surface area contributed by atoms with Crippen LogP contribution in [0.4, 0.5) is 4.39 Å². The lowest BCUT2D eigenvalue weighted by Crippen LogP contribution is -2.43. The third-order valence-electron chi connectivity index (χ3n) is 4.13. The van der Waals surface area contributed by atoms with Gasteiger partial charge in [0.05, 0.1) is 5.60 Å². The van der Waals surface area contributed by atoms with Gasteiger partial charge in [-0.15, -0.1) is 0 Å². The van der Waals surface area contributed by atoms with Crippen molar-refractivity contribution in [1.29, 1.82) is 0 Å². The smallest absolute Gasteiger partial charge is 0.123 e. The molecule has 3 heteroatoms. The predicted octanol–water partition coefficient (Wildman–Crippen LogP) is 2.35. The summed E-state index contributed by atoms with van der Waals surface area (Å²) in [4.78, 5) is 0. The molecule has 2 nitrogen and oxygen atoms in total. The van der Waals surface area contributed by atoms with Crippen LogP contribution in [0, 0.1) is 5.82 Å². The highest BCUT2D eigenvalue weighted by atomic mass is 19.1. The molecule has 0 spiro atoms. The van der Waals surface area contributed by atoms with Crippen LogP contribution in [0.5, 0.6) is 0 Å². The number of halogens is 1. The summed E-state index contributed by atoms with van der Waals surface area (Å²) < 4.78 is 12.9. The molecule has 1 saturated carbocycles. The molecule has 1 aliphatic rings. The van der Waals surface area contributed by atoms with Gasteiger partial charge in [-0.1, -0.05) is 12.1 Å². The van der Waals surface area contributed by atoms with Gasteiger partial charge in [0.1, 0.15) is 5.82 Å². The minimum atomic E-state index is -0.571. The molecule has 1 aromatic rings. The molecular weight excluding hydrogens is 217 g/mol. The summed E-state index contributed by atoms with van der Waals surface area (Å²) in [6.07, 6.45) is 3.23. The molecule has 0 saturated heterocycles. The molecule has 2 rings (SSSR count). The molecular formula is C14H20FNO. The Kier molecular flexibility index (Phi) is 3.23. The van der Waals surface area contributed by atoms with Crippen molar-refractivity contribution in [2.75, 3.05) is 6.54 Å². The SMILES string of the molecule is CC1(O)CCC(CN)(c2ccc(F)cc2)CC1. The van der Waals surface area contributed by atoms with Crippen molar-refractivity contribution in [2.24, 2.45) is 5.73 Å². The van der Waals surface area contributed by atoms with Gasteiger partial charge in [0, 0.05) is 12.0 Å². The fourth-order valence-corrected chi connectivity index (χ4v) is 2.68. The molecule has 1 fully saturated rings. The molecule has 0 aromatic heterocycles. The Morgan fingerprint density at radius 3 is 2.18 bits per heavy atom. The van der Waals surface area contributed by atoms with Crippen LogP contribution in [0.1, 0.15) is 38.2 Å². The maximum absolute atomic E-state index is 12.9. The van der Waals surface area contributed by atoms with E-state index in [4.69, 9.17) is 5.73 Å². The van der Waals surface area contributed by atoms with Gasteiger partial charge in [0.2, 0.25) is 0 Å². The van der Waals surface area contributed by atoms with Crippen LogP contribution in [-0.2, 0) is 5.41 Å². The molecule has 94 valence electrons. The van der Waals surface area contributed by atoms with Crippen molar-refractivity contribution in [2.45, 2.75) is 43.6 Å². The van der Waals surface area contributed by atoms with Crippen LogP contribution in [0.3, 0.4) is 0 Å². The average Bonchev–Trinajstić information content (AvgIpc) is 2.31. The van der Waals surface area contributed by atoms with Crippen LogP contribution in [0.15, 0.2) is 24.3 Å². The summed E-state index contributed by atoms with van der Waals surface area (Å²) in [5, 5.41) is 9.99. The predicted molar refractivity (Wildman–Crippen MR) is 66.2 cm³/mol. The van der Waals surface area contributed by atoms with Crippen LogP contribution in [0.25, 0.3) is 0 Å². The molecule has 0 heterocycles. The third-order valence-corrected chi connectivity index (χ3v) is 4.13. The van der Waals surface area contributed by atoms with E-state index < -0.39 is 5.60 Å². The minimum absolute atomic E-state index is 0.0874. The molecule has 0 aliphatic heterocycles. The van der Waals surface area contributed by atoms with Crippen molar-refractivity contribution in [3.63, 3.8) is 0 Å². The Bertz CT molecular complexity index is 376. The van der Waals surface area contributed by atoms with Gasteiger partial charge < -0.3 is 10.8 Å². The van der Waals surface area contributed by atoms with E-state index in [-0.39, 0.29) is 11.2 Å². The van der Waals surface area contributed by atoms with Crippen LogP contribution >= 0.6 is 0 Å². The fourth-order valence-electron chi connectivity index (χ4n) is 2.68. The normalized spacial score (nSPS) is 33.6. The Hall–Kier alpha value is -0.930. The zero-order valence-corrected chi connectivity index (χ0v) is 10.2. The zero-order chi connectivity index (χ0) is 12.5. The maximum Gasteiger partial charge on any atom is 0.123 e. The topological polar surface area (TPSA) is 46.2 Å². The highest BCUT2D eigenvalue weighted by molar-refractivity contribution is 5.27. The summed E-state index contributed by atoms with van der Waals surface area (Å²) in [6.45, 7) is 2.42. The van der Waals surface area contributed by atoms with E-state index in [0.717, 1.165) is 31.2 Å². The lowest BCUT2D eigenvalue weighted by Gasteiger charge is -2.42. The molecule has 0 amide bonds. The van der Waals surface area contributed by atoms with Crippen molar-refractivity contribution >= 4 is 0 Å². The third kappa shape index (κ3) is 2.50. The fraction of sp³-hybridized carbons (Fsp3) is 0.571. The number of benzene rings is 1. The summed E-state index contributed by atoms with van der Waals surface area (Å²) in [6, 6.07) is 6.61. The van der Waals surface area contributed by atoms with Gasteiger partial charge in [0.25, 0.3) is 0 Å². The molecule has 3 N–H and O–H groups in total. The monoisotopic (exact) mass is 237 g/mol. The number of aliphatic hydroxyl groups is 1. The van der Waals surface area contributed by atoms with Crippen molar-refractivity contribution in [3.05, 3.63) is 35.6 Å². The maximum atomic E-state index is 12.9. The summed E-state index contributed by atoms with van der Waals surface area (Å²) >= 11 is 0. The van der Waals surface area contributed by atoms with Gasteiger partial charge >= 0.3 is 0 Å². The molecule has 0 unspecified atom stereocenters. The van der Waals surface area contributed by atoms with E-state index in [1.54, 1.807) is 0 Å². The van der Waals surface area contributed by atoms with E-state index in [2.05, 4.69) is 0 Å². The van der Waals surface area contributed by atoms with Gasteiger partial charge in [-0.25, -0.2) is 4.39 Å². The lowest BCUT2D eigenvalue weighted by atomic mass is 9.65. The zero-order valence-electron chi connectivity index (χ0n) is 10.2. The highest BCUT2D eigenvalue weighted by Crippen LogP contribution is 2.42. The second-order valence-electron chi connectivity index (χ2n) is 5.49. The van der Waals surface area contributed by atoms with Crippen molar-refractivity contribution < 1.29 is 9.50 Å². The van der Waals surface area contributed by atoms with Crippen LogP contribution in [0.2, 0.25) is 0 Å². The Balaban J connectivity index is 2.24. The first-order chi connectivity index (χ1) is 7.97. The van der Waals surface area contributed by atoms with Crippen molar-refractivity contribution in [3.8, 4) is 0 Å². The first-order valence-electron chi connectivity index (χ1n) is 6.16. The number of hydrogen-bond donors (Lipinski definition) is 2. The van der Waals surface area contributed by atoms with Gasteiger partial charge in [-0.05, 0) is 50.3 Å². The summed E-state index contributed by atoms with van der Waals surface area (Å²) in [5.74, 6) is -0.219. The number of hydrogen-bond acceptors (Lipinski definition) is 2. The summed E-state index contributed by atoms with van der Waals surface area (Å²) in [5.41, 5.74) is 6.36. The lowest BCUT2D eigenvalue weighted by molar-refractivity contribution is 0.00142. The van der Waals surface area contributed by atoms with Gasteiger partial charge in [-0.2, -0.15) is 0 Å². The van der Waals surface area contributed by atoms with Gasteiger partial charge in [0.15, 0.2) is 0 Å². The quantitative estimate of drug-likeness (QED) is 0.829. The number of rotatable bonds is 2.